The third-order valence-corrected chi connectivity index (χ3v) is 5.97. The second kappa shape index (κ2) is 9.37. The fraction of sp³-hybridized carbons (Fsp3) is 0.304. The average Bonchev–Trinajstić information content (AvgIpc) is 2.83. The van der Waals surface area contributed by atoms with Crippen molar-refractivity contribution in [2.24, 2.45) is 0 Å². The highest BCUT2D eigenvalue weighted by atomic mass is 35.5. The molecule has 0 spiro atoms. The Balaban J connectivity index is 1.70. The minimum atomic E-state index is -0.436. The van der Waals surface area contributed by atoms with Crippen LogP contribution in [-0.4, -0.2) is 45.4 Å². The van der Waals surface area contributed by atoms with E-state index in [0.29, 0.717) is 42.5 Å². The summed E-state index contributed by atoms with van der Waals surface area (Å²) in [4.78, 5) is 31.0. The Bertz CT molecular complexity index is 1240. The van der Waals surface area contributed by atoms with E-state index in [2.05, 4.69) is 16.4 Å². The molecule has 1 aliphatic heterocycles. The van der Waals surface area contributed by atoms with Crippen molar-refractivity contribution >= 4 is 34.1 Å². The molecule has 2 aromatic heterocycles. The maximum Gasteiger partial charge on any atom is 0.271 e. The molecule has 0 radical (unpaired) electrons. The van der Waals surface area contributed by atoms with Gasteiger partial charge in [0, 0.05) is 30.7 Å². The lowest BCUT2D eigenvalue weighted by atomic mass is 10.0. The van der Waals surface area contributed by atoms with Crippen molar-refractivity contribution in [3.05, 3.63) is 70.0 Å². The molecule has 4 rings (SSSR count). The first-order chi connectivity index (χ1) is 15.5. The number of halogens is 2. The van der Waals surface area contributed by atoms with E-state index in [0.717, 1.165) is 5.56 Å². The molecular formula is C23H21ClFN5O2. The summed E-state index contributed by atoms with van der Waals surface area (Å²) in [5.41, 5.74) is 1.38. The Kier molecular flexibility index (Phi) is 6.37. The molecule has 1 N–H and O–H groups in total. The van der Waals surface area contributed by atoms with E-state index < -0.39 is 5.56 Å². The van der Waals surface area contributed by atoms with Crippen LogP contribution in [-0.2, 0) is 11.3 Å². The maximum atomic E-state index is 13.3. The summed E-state index contributed by atoms with van der Waals surface area (Å²) < 4.78 is 14.8. The van der Waals surface area contributed by atoms with Crippen molar-refractivity contribution in [3.8, 4) is 6.07 Å². The van der Waals surface area contributed by atoms with Crippen molar-refractivity contribution in [2.45, 2.75) is 25.4 Å². The third kappa shape index (κ3) is 4.30. The highest BCUT2D eigenvalue weighted by Crippen LogP contribution is 2.27. The van der Waals surface area contributed by atoms with Crippen molar-refractivity contribution in [1.29, 1.82) is 5.26 Å². The molecule has 3 aromatic rings. The number of rotatable bonds is 5. The van der Waals surface area contributed by atoms with Crippen molar-refractivity contribution < 1.29 is 9.18 Å². The predicted octanol–water partition coefficient (Wildman–Crippen LogP) is 3.10. The van der Waals surface area contributed by atoms with Crippen LogP contribution >= 0.6 is 11.6 Å². The van der Waals surface area contributed by atoms with E-state index in [4.69, 9.17) is 11.6 Å². The Morgan fingerprint density at radius 1 is 1.25 bits per heavy atom. The second-order valence-electron chi connectivity index (χ2n) is 7.71. The Morgan fingerprint density at radius 2 is 1.97 bits per heavy atom. The van der Waals surface area contributed by atoms with Crippen LogP contribution in [0.1, 0.15) is 24.0 Å². The summed E-state index contributed by atoms with van der Waals surface area (Å²) in [5.74, 6) is -0.493. The summed E-state index contributed by atoms with van der Waals surface area (Å²) in [6.45, 7) is 1.31. The van der Waals surface area contributed by atoms with Gasteiger partial charge in [-0.2, -0.15) is 5.26 Å². The second-order valence-corrected chi connectivity index (χ2v) is 7.97. The number of benzene rings is 1. The molecule has 32 heavy (non-hydrogen) atoms. The van der Waals surface area contributed by atoms with Gasteiger partial charge >= 0.3 is 0 Å². The molecule has 0 bridgehead atoms. The van der Waals surface area contributed by atoms with Crippen LogP contribution in [0.3, 0.4) is 0 Å². The third-order valence-electron chi connectivity index (χ3n) is 5.75. The first kappa shape index (κ1) is 21.8. The van der Waals surface area contributed by atoms with Gasteiger partial charge in [0.05, 0.1) is 23.9 Å². The smallest absolute Gasteiger partial charge is 0.271 e. The zero-order valence-electron chi connectivity index (χ0n) is 17.2. The molecule has 1 amide bonds. The highest BCUT2D eigenvalue weighted by molar-refractivity contribution is 6.27. The molecule has 1 fully saturated rings. The molecule has 0 atom stereocenters. The molecule has 1 saturated heterocycles. The number of pyridine rings is 2. The van der Waals surface area contributed by atoms with Gasteiger partial charge in [0.1, 0.15) is 23.3 Å². The van der Waals surface area contributed by atoms with Crippen LogP contribution in [0.2, 0.25) is 0 Å². The monoisotopic (exact) mass is 453 g/mol. The molecule has 0 saturated carbocycles. The van der Waals surface area contributed by atoms with E-state index in [1.807, 2.05) is 0 Å². The van der Waals surface area contributed by atoms with E-state index in [1.54, 1.807) is 35.5 Å². The van der Waals surface area contributed by atoms with Gasteiger partial charge in [-0.25, -0.2) is 4.39 Å². The summed E-state index contributed by atoms with van der Waals surface area (Å²) in [5, 5.41) is 13.9. The number of carbonyl (C=O) groups excluding carboxylic acids is 1. The van der Waals surface area contributed by atoms with Crippen LogP contribution in [0.15, 0.2) is 47.5 Å². The number of nitrogens with zero attached hydrogens (tertiary/aromatic N) is 4. The lowest BCUT2D eigenvalue weighted by Crippen LogP contribution is -2.43. The van der Waals surface area contributed by atoms with Crippen LogP contribution in [0.25, 0.3) is 10.9 Å². The van der Waals surface area contributed by atoms with Gasteiger partial charge in [-0.3, -0.25) is 14.6 Å². The fourth-order valence-electron chi connectivity index (χ4n) is 4.04. The molecule has 0 unspecified atom stereocenters. The SMILES string of the molecule is N#Cc1c(NC2CCN(C(=O)CCl)CC2)c2ccncc2n(Cc2ccc(F)cc2)c1=O. The number of piperidine rings is 1. The number of amides is 1. The Hall–Kier alpha value is -3.44. The van der Waals surface area contributed by atoms with Gasteiger partial charge in [0.2, 0.25) is 5.91 Å². The van der Waals surface area contributed by atoms with Crippen molar-refractivity contribution in [1.82, 2.24) is 14.5 Å². The number of hydrogen-bond donors (Lipinski definition) is 1. The minimum absolute atomic E-state index is 0.00480. The van der Waals surface area contributed by atoms with E-state index in [-0.39, 0.29) is 35.8 Å². The largest absolute Gasteiger partial charge is 0.380 e. The number of nitriles is 1. The van der Waals surface area contributed by atoms with E-state index in [9.17, 15) is 19.2 Å². The number of hydrogen-bond acceptors (Lipinski definition) is 5. The van der Waals surface area contributed by atoms with Crippen LogP contribution in [0.4, 0.5) is 10.1 Å². The fourth-order valence-corrected chi connectivity index (χ4v) is 4.21. The number of alkyl halides is 1. The van der Waals surface area contributed by atoms with Crippen LogP contribution in [0, 0.1) is 17.1 Å². The van der Waals surface area contributed by atoms with Gasteiger partial charge in [-0.05, 0) is 36.6 Å². The average molecular weight is 454 g/mol. The molecule has 1 aromatic carbocycles. The first-order valence-electron chi connectivity index (χ1n) is 10.3. The summed E-state index contributed by atoms with van der Waals surface area (Å²) in [6.07, 6.45) is 4.56. The van der Waals surface area contributed by atoms with E-state index in [1.165, 1.54) is 16.7 Å². The molecule has 3 heterocycles. The standard InChI is InChI=1S/C23H21ClFN5O2/c24-11-21(31)29-9-6-17(7-10-29)28-22-18-5-8-27-13-20(18)30(23(32)19(22)12-26)14-15-1-3-16(25)4-2-15/h1-5,8,13,17,28H,6-7,9-11,14H2. The number of anilines is 1. The van der Waals surface area contributed by atoms with Gasteiger partial charge in [0.15, 0.2) is 0 Å². The molecule has 1 aliphatic rings. The van der Waals surface area contributed by atoms with Gasteiger partial charge in [-0.1, -0.05) is 12.1 Å². The molecule has 9 heteroatoms. The van der Waals surface area contributed by atoms with Crippen LogP contribution in [0.5, 0.6) is 0 Å². The Labute approximate surface area is 189 Å². The van der Waals surface area contributed by atoms with Gasteiger partial charge < -0.3 is 14.8 Å². The summed E-state index contributed by atoms with van der Waals surface area (Å²) in [7, 11) is 0. The zero-order chi connectivity index (χ0) is 22.7. The Morgan fingerprint density at radius 3 is 2.62 bits per heavy atom. The quantitative estimate of drug-likeness (QED) is 0.599. The number of fused-ring (bicyclic) bond motifs is 1. The normalized spacial score (nSPS) is 14.3. The lowest BCUT2D eigenvalue weighted by molar-refractivity contribution is -0.129. The van der Waals surface area contributed by atoms with Crippen molar-refractivity contribution in [2.75, 3.05) is 24.3 Å². The molecule has 7 nitrogen and oxygen atoms in total. The minimum Gasteiger partial charge on any atom is -0.380 e. The van der Waals surface area contributed by atoms with Gasteiger partial charge in [-0.15, -0.1) is 11.6 Å². The summed E-state index contributed by atoms with van der Waals surface area (Å²) in [6, 6.07) is 9.72. The molecular weight excluding hydrogens is 433 g/mol. The number of likely N-dealkylation sites (tertiary alicyclic amines) is 1. The molecule has 164 valence electrons. The zero-order valence-corrected chi connectivity index (χ0v) is 18.0. The summed E-state index contributed by atoms with van der Waals surface area (Å²) >= 11 is 5.65. The lowest BCUT2D eigenvalue weighted by Gasteiger charge is -2.33. The molecule has 0 aliphatic carbocycles. The predicted molar refractivity (Wildman–Crippen MR) is 120 cm³/mol. The number of nitrogens with one attached hydrogen (secondary N) is 1. The highest BCUT2D eigenvalue weighted by Gasteiger charge is 2.25. The topological polar surface area (TPSA) is 91.0 Å². The van der Waals surface area contributed by atoms with Gasteiger partial charge in [0.25, 0.3) is 5.56 Å². The number of aromatic nitrogens is 2. The van der Waals surface area contributed by atoms with Crippen molar-refractivity contribution in [3.63, 3.8) is 0 Å². The van der Waals surface area contributed by atoms with E-state index >= 15 is 0 Å². The first-order valence-corrected chi connectivity index (χ1v) is 10.8. The number of carbonyl (C=O) groups is 1. The maximum absolute atomic E-state index is 13.3. The van der Waals surface area contributed by atoms with Crippen LogP contribution < -0.4 is 10.9 Å².